The van der Waals surface area contributed by atoms with Gasteiger partial charge in [-0.15, -0.1) is 0 Å². The molecule has 0 saturated carbocycles. The molecule has 2 amide bonds. The first-order valence-corrected chi connectivity index (χ1v) is 8.52. The third kappa shape index (κ3) is 5.62. The Morgan fingerprint density at radius 1 is 1.00 bits per heavy atom. The van der Waals surface area contributed by atoms with Crippen molar-refractivity contribution in [1.82, 2.24) is 10.7 Å². The molecule has 8 nitrogen and oxygen atoms in total. The maximum atomic E-state index is 12.2. The van der Waals surface area contributed by atoms with Crippen molar-refractivity contribution in [3.8, 4) is 17.2 Å². The van der Waals surface area contributed by atoms with E-state index in [0.717, 1.165) is 0 Å². The van der Waals surface area contributed by atoms with E-state index in [1.54, 1.807) is 30.3 Å². The Morgan fingerprint density at radius 2 is 1.68 bits per heavy atom. The van der Waals surface area contributed by atoms with Crippen molar-refractivity contribution in [3.05, 3.63) is 52.5 Å². The maximum absolute atomic E-state index is 12.2. The van der Waals surface area contributed by atoms with Crippen LogP contribution in [0.2, 0.25) is 5.02 Å². The highest BCUT2D eigenvalue weighted by Crippen LogP contribution is 2.27. The SMILES string of the molecule is COc1ccc(Cl)cc1C=NNC(=O)CNC(=O)c1ccc(OC)c(OC)c1. The number of nitrogens with one attached hydrogen (secondary N) is 2. The normalized spacial score (nSPS) is 10.4. The van der Waals surface area contributed by atoms with Crippen LogP contribution in [0, 0.1) is 0 Å². The van der Waals surface area contributed by atoms with E-state index in [1.165, 1.54) is 33.6 Å². The third-order valence-corrected chi connectivity index (χ3v) is 3.87. The summed E-state index contributed by atoms with van der Waals surface area (Å²) in [5, 5.41) is 6.85. The minimum Gasteiger partial charge on any atom is -0.496 e. The Labute approximate surface area is 167 Å². The van der Waals surface area contributed by atoms with Crippen molar-refractivity contribution in [2.24, 2.45) is 5.10 Å². The summed E-state index contributed by atoms with van der Waals surface area (Å²) >= 11 is 5.93. The molecule has 0 aliphatic heterocycles. The van der Waals surface area contributed by atoms with E-state index in [0.29, 0.717) is 33.4 Å². The Balaban J connectivity index is 1.90. The van der Waals surface area contributed by atoms with Gasteiger partial charge in [-0.3, -0.25) is 9.59 Å². The molecule has 2 aromatic carbocycles. The van der Waals surface area contributed by atoms with Crippen LogP contribution >= 0.6 is 11.6 Å². The summed E-state index contributed by atoms with van der Waals surface area (Å²) in [6.07, 6.45) is 1.40. The van der Waals surface area contributed by atoms with Gasteiger partial charge in [0.25, 0.3) is 11.8 Å². The van der Waals surface area contributed by atoms with Crippen LogP contribution in [0.15, 0.2) is 41.5 Å². The Hall–Kier alpha value is -3.26. The first kappa shape index (κ1) is 21.0. The molecule has 0 saturated heterocycles. The molecule has 9 heteroatoms. The average molecular weight is 406 g/mol. The number of hydrogen-bond donors (Lipinski definition) is 2. The maximum Gasteiger partial charge on any atom is 0.259 e. The van der Waals surface area contributed by atoms with Crippen molar-refractivity contribution in [3.63, 3.8) is 0 Å². The molecule has 28 heavy (non-hydrogen) atoms. The highest BCUT2D eigenvalue weighted by atomic mass is 35.5. The number of hydrogen-bond acceptors (Lipinski definition) is 6. The fourth-order valence-corrected chi connectivity index (χ4v) is 2.44. The molecule has 2 N–H and O–H groups in total. The van der Waals surface area contributed by atoms with Gasteiger partial charge >= 0.3 is 0 Å². The molecular formula is C19H20ClN3O5. The minimum absolute atomic E-state index is 0.253. The van der Waals surface area contributed by atoms with Gasteiger partial charge in [-0.1, -0.05) is 11.6 Å². The van der Waals surface area contributed by atoms with Gasteiger partial charge < -0.3 is 19.5 Å². The van der Waals surface area contributed by atoms with E-state index < -0.39 is 11.8 Å². The van der Waals surface area contributed by atoms with Gasteiger partial charge in [-0.05, 0) is 36.4 Å². The van der Waals surface area contributed by atoms with Crippen LogP contribution in [0.3, 0.4) is 0 Å². The smallest absolute Gasteiger partial charge is 0.259 e. The second-order valence-electron chi connectivity index (χ2n) is 5.43. The van der Waals surface area contributed by atoms with Gasteiger partial charge in [0.1, 0.15) is 5.75 Å². The summed E-state index contributed by atoms with van der Waals surface area (Å²) < 4.78 is 15.5. The van der Waals surface area contributed by atoms with Crippen molar-refractivity contribution < 1.29 is 23.8 Å². The molecular weight excluding hydrogens is 386 g/mol. The first-order chi connectivity index (χ1) is 13.5. The largest absolute Gasteiger partial charge is 0.496 e. The molecule has 2 aromatic rings. The molecule has 0 bridgehead atoms. The van der Waals surface area contributed by atoms with Gasteiger partial charge in [0.2, 0.25) is 0 Å². The molecule has 0 radical (unpaired) electrons. The van der Waals surface area contributed by atoms with Crippen LogP contribution in [0.5, 0.6) is 17.2 Å². The highest BCUT2D eigenvalue weighted by Gasteiger charge is 2.11. The number of benzene rings is 2. The third-order valence-electron chi connectivity index (χ3n) is 3.64. The Bertz CT molecular complexity index is 886. The van der Waals surface area contributed by atoms with Crippen molar-refractivity contribution in [2.45, 2.75) is 0 Å². The summed E-state index contributed by atoms with van der Waals surface area (Å²) in [6.45, 7) is -0.253. The summed E-state index contributed by atoms with van der Waals surface area (Å²) in [7, 11) is 4.49. The Kier molecular flexibility index (Phi) is 7.65. The summed E-state index contributed by atoms with van der Waals surface area (Å²) in [5.74, 6) is 0.550. The lowest BCUT2D eigenvalue weighted by molar-refractivity contribution is -0.120. The topological polar surface area (TPSA) is 98.2 Å². The number of carbonyl (C=O) groups excluding carboxylic acids is 2. The van der Waals surface area contributed by atoms with Crippen LogP contribution in [-0.4, -0.2) is 45.9 Å². The van der Waals surface area contributed by atoms with Gasteiger partial charge in [0.05, 0.1) is 34.1 Å². The van der Waals surface area contributed by atoms with Gasteiger partial charge in [0, 0.05) is 16.1 Å². The number of nitrogens with zero attached hydrogens (tertiary/aromatic N) is 1. The number of halogens is 1. The fraction of sp³-hybridized carbons (Fsp3) is 0.211. The number of carbonyl (C=O) groups is 2. The van der Waals surface area contributed by atoms with Crippen LogP contribution in [0.1, 0.15) is 15.9 Å². The number of rotatable bonds is 8. The van der Waals surface area contributed by atoms with E-state index >= 15 is 0 Å². The van der Waals surface area contributed by atoms with E-state index in [1.807, 2.05) is 0 Å². The standard InChI is InChI=1S/C19H20ClN3O5/c1-26-15-7-5-14(20)8-13(15)10-22-23-18(24)11-21-19(25)12-4-6-16(27-2)17(9-12)28-3/h4-10H,11H2,1-3H3,(H,21,25)(H,23,24). The van der Waals surface area contributed by atoms with Crippen molar-refractivity contribution >= 4 is 29.6 Å². The lowest BCUT2D eigenvalue weighted by Gasteiger charge is -2.09. The van der Waals surface area contributed by atoms with Crippen molar-refractivity contribution in [2.75, 3.05) is 27.9 Å². The monoisotopic (exact) mass is 405 g/mol. The molecule has 0 aliphatic rings. The molecule has 0 fully saturated rings. The van der Waals surface area contributed by atoms with E-state index in [-0.39, 0.29) is 6.54 Å². The quantitative estimate of drug-likeness (QED) is 0.518. The number of methoxy groups -OCH3 is 3. The second-order valence-corrected chi connectivity index (χ2v) is 5.87. The van der Waals surface area contributed by atoms with Crippen molar-refractivity contribution in [1.29, 1.82) is 0 Å². The minimum atomic E-state index is -0.494. The van der Waals surface area contributed by atoms with Gasteiger partial charge in [-0.25, -0.2) is 5.43 Å². The van der Waals surface area contributed by atoms with E-state index in [2.05, 4.69) is 15.8 Å². The lowest BCUT2D eigenvalue weighted by Crippen LogP contribution is -2.34. The van der Waals surface area contributed by atoms with E-state index in [9.17, 15) is 9.59 Å². The first-order valence-electron chi connectivity index (χ1n) is 8.14. The van der Waals surface area contributed by atoms with Gasteiger partial charge in [0.15, 0.2) is 11.5 Å². The number of ether oxygens (including phenoxy) is 3. The lowest BCUT2D eigenvalue weighted by atomic mass is 10.2. The average Bonchev–Trinajstić information content (AvgIpc) is 2.71. The zero-order valence-corrected chi connectivity index (χ0v) is 16.4. The molecule has 0 spiro atoms. The number of hydrazone groups is 1. The summed E-state index contributed by atoms with van der Waals surface area (Å²) in [4.78, 5) is 24.0. The molecule has 0 atom stereocenters. The summed E-state index contributed by atoms with van der Waals surface area (Å²) in [5.41, 5.74) is 3.25. The Morgan fingerprint density at radius 3 is 2.36 bits per heavy atom. The molecule has 0 heterocycles. The highest BCUT2D eigenvalue weighted by molar-refractivity contribution is 6.30. The molecule has 0 aliphatic carbocycles. The molecule has 0 unspecified atom stereocenters. The van der Waals surface area contributed by atoms with Crippen LogP contribution in [0.4, 0.5) is 0 Å². The molecule has 2 rings (SSSR count). The zero-order chi connectivity index (χ0) is 20.5. The van der Waals surface area contributed by atoms with Crippen LogP contribution in [0.25, 0.3) is 0 Å². The number of amides is 2. The summed E-state index contributed by atoms with van der Waals surface area (Å²) in [6, 6.07) is 9.72. The van der Waals surface area contributed by atoms with Crippen LogP contribution < -0.4 is 25.0 Å². The van der Waals surface area contributed by atoms with Crippen LogP contribution in [-0.2, 0) is 4.79 Å². The van der Waals surface area contributed by atoms with E-state index in [4.69, 9.17) is 25.8 Å². The zero-order valence-electron chi connectivity index (χ0n) is 15.6. The fourth-order valence-electron chi connectivity index (χ4n) is 2.26. The van der Waals surface area contributed by atoms with Gasteiger partial charge in [-0.2, -0.15) is 5.10 Å². The predicted octanol–water partition coefficient (Wildman–Crippen LogP) is 2.25. The molecule has 148 valence electrons. The molecule has 0 aromatic heterocycles. The predicted molar refractivity (Wildman–Crippen MR) is 106 cm³/mol. The second kappa shape index (κ2) is 10.2.